The number of piperidine rings is 1. The van der Waals surface area contributed by atoms with Crippen LogP contribution in [0.4, 0.5) is 4.79 Å². The Morgan fingerprint density at radius 2 is 1.95 bits per heavy atom. The normalized spacial score (nSPS) is 25.3. The zero-order valence-electron chi connectivity index (χ0n) is 13.1. The summed E-state index contributed by atoms with van der Waals surface area (Å²) in [4.78, 5) is 26.0. The maximum Gasteiger partial charge on any atom is 0.514 e. The molecule has 120 valence electrons. The topological polar surface area (TPSA) is 65.1 Å². The summed E-state index contributed by atoms with van der Waals surface area (Å²) >= 11 is 0. The van der Waals surface area contributed by atoms with Crippen LogP contribution in [0.5, 0.6) is 5.75 Å². The Hall–Kier alpha value is -2.08. The van der Waals surface area contributed by atoms with Gasteiger partial charge in [0, 0.05) is 19.5 Å². The van der Waals surface area contributed by atoms with Gasteiger partial charge in [0.25, 0.3) is 0 Å². The van der Waals surface area contributed by atoms with Crippen molar-refractivity contribution >= 4 is 12.1 Å². The second-order valence-electron chi connectivity index (χ2n) is 5.67. The molecule has 6 nitrogen and oxygen atoms in total. The van der Waals surface area contributed by atoms with Crippen LogP contribution < -0.4 is 4.74 Å². The lowest BCUT2D eigenvalue weighted by Crippen LogP contribution is -2.54. The first-order valence-electron chi connectivity index (χ1n) is 7.17. The summed E-state index contributed by atoms with van der Waals surface area (Å²) in [6, 6.07) is 8.67. The van der Waals surface area contributed by atoms with E-state index in [1.807, 2.05) is 18.0 Å². The largest absolute Gasteiger partial charge is 0.514 e. The SMILES string of the molecule is COC(=O)[C@H]1CN(C)CC[C@]1(C)OC(=O)Oc1ccccc1. The van der Waals surface area contributed by atoms with Crippen molar-refractivity contribution in [3.63, 3.8) is 0 Å². The van der Waals surface area contributed by atoms with Crippen molar-refractivity contribution in [3.05, 3.63) is 30.3 Å². The van der Waals surface area contributed by atoms with Gasteiger partial charge in [-0.1, -0.05) is 18.2 Å². The summed E-state index contributed by atoms with van der Waals surface area (Å²) < 4.78 is 15.5. The molecular weight excluding hydrogens is 286 g/mol. The van der Waals surface area contributed by atoms with Crippen LogP contribution in [0, 0.1) is 5.92 Å². The average molecular weight is 307 g/mol. The average Bonchev–Trinajstić information content (AvgIpc) is 2.50. The van der Waals surface area contributed by atoms with Crippen molar-refractivity contribution in [2.45, 2.75) is 18.9 Å². The number of methoxy groups -OCH3 is 1. The molecule has 0 aliphatic carbocycles. The van der Waals surface area contributed by atoms with E-state index in [4.69, 9.17) is 14.2 Å². The third-order valence-electron chi connectivity index (χ3n) is 3.97. The number of rotatable bonds is 3. The van der Waals surface area contributed by atoms with Gasteiger partial charge in [-0.15, -0.1) is 0 Å². The van der Waals surface area contributed by atoms with Gasteiger partial charge in [-0.2, -0.15) is 0 Å². The second kappa shape index (κ2) is 6.79. The maximum atomic E-state index is 12.0. The molecular formula is C16H21NO5. The number of ether oxygens (including phenoxy) is 3. The second-order valence-corrected chi connectivity index (χ2v) is 5.67. The third-order valence-corrected chi connectivity index (χ3v) is 3.97. The number of hydrogen-bond donors (Lipinski definition) is 0. The lowest BCUT2D eigenvalue weighted by Gasteiger charge is -2.41. The van der Waals surface area contributed by atoms with Gasteiger partial charge in [-0.25, -0.2) is 4.79 Å². The number of carbonyl (C=O) groups excluding carboxylic acids is 2. The Labute approximate surface area is 129 Å². The minimum Gasteiger partial charge on any atom is -0.469 e. The molecule has 22 heavy (non-hydrogen) atoms. The van der Waals surface area contributed by atoms with E-state index in [1.165, 1.54) is 7.11 Å². The molecule has 1 aromatic carbocycles. The highest BCUT2D eigenvalue weighted by Crippen LogP contribution is 2.32. The summed E-state index contributed by atoms with van der Waals surface area (Å²) in [6.45, 7) is 2.94. The predicted octanol–water partition coefficient (Wildman–Crippen LogP) is 2.09. The lowest BCUT2D eigenvalue weighted by atomic mass is 9.82. The van der Waals surface area contributed by atoms with Gasteiger partial charge in [0.15, 0.2) is 0 Å². The van der Waals surface area contributed by atoms with Gasteiger partial charge >= 0.3 is 12.1 Å². The molecule has 0 radical (unpaired) electrons. The molecule has 6 heteroatoms. The molecule has 2 rings (SSSR count). The molecule has 0 saturated carbocycles. The third kappa shape index (κ3) is 3.76. The van der Waals surface area contributed by atoms with Crippen LogP contribution in [-0.2, 0) is 14.3 Å². The van der Waals surface area contributed by atoms with Gasteiger partial charge in [0.2, 0.25) is 0 Å². The molecule has 1 aliphatic heterocycles. The van der Waals surface area contributed by atoms with Crippen LogP contribution >= 0.6 is 0 Å². The van der Waals surface area contributed by atoms with E-state index in [-0.39, 0.29) is 5.97 Å². The predicted molar refractivity (Wildman–Crippen MR) is 79.6 cm³/mol. The Bertz CT molecular complexity index is 533. The van der Waals surface area contributed by atoms with E-state index < -0.39 is 17.7 Å². The van der Waals surface area contributed by atoms with E-state index in [0.29, 0.717) is 18.7 Å². The first kappa shape index (κ1) is 16.3. The minimum absolute atomic E-state index is 0.387. The fourth-order valence-corrected chi connectivity index (χ4v) is 2.57. The van der Waals surface area contributed by atoms with E-state index in [0.717, 1.165) is 6.54 Å². The van der Waals surface area contributed by atoms with Crippen molar-refractivity contribution in [1.29, 1.82) is 0 Å². The number of hydrogen-bond acceptors (Lipinski definition) is 6. The number of likely N-dealkylation sites (tertiary alicyclic amines) is 1. The maximum absolute atomic E-state index is 12.0. The number of carbonyl (C=O) groups is 2. The number of esters is 1. The van der Waals surface area contributed by atoms with Gasteiger partial charge in [-0.3, -0.25) is 4.79 Å². The van der Waals surface area contributed by atoms with E-state index in [1.54, 1.807) is 31.2 Å². The van der Waals surface area contributed by atoms with Crippen molar-refractivity contribution < 1.29 is 23.8 Å². The Kier molecular flexibility index (Phi) is 5.03. The summed E-state index contributed by atoms with van der Waals surface area (Å²) in [5, 5.41) is 0. The van der Waals surface area contributed by atoms with Gasteiger partial charge < -0.3 is 19.1 Å². The monoisotopic (exact) mass is 307 g/mol. The van der Waals surface area contributed by atoms with E-state index in [2.05, 4.69) is 0 Å². The summed E-state index contributed by atoms with van der Waals surface area (Å²) in [6.07, 6.45) is -0.278. The Balaban J connectivity index is 2.07. The molecule has 2 atom stereocenters. The molecule has 1 aromatic rings. The smallest absolute Gasteiger partial charge is 0.469 e. The first-order chi connectivity index (χ1) is 10.4. The minimum atomic E-state index is -0.939. The van der Waals surface area contributed by atoms with Gasteiger partial charge in [0.1, 0.15) is 17.3 Å². The van der Waals surface area contributed by atoms with Crippen LogP contribution in [0.1, 0.15) is 13.3 Å². The van der Waals surface area contributed by atoms with Gasteiger partial charge in [0.05, 0.1) is 7.11 Å². The first-order valence-corrected chi connectivity index (χ1v) is 7.17. The summed E-state index contributed by atoms with van der Waals surface area (Å²) in [5.74, 6) is -0.528. The zero-order chi connectivity index (χ0) is 16.2. The van der Waals surface area contributed by atoms with Crippen LogP contribution in [-0.4, -0.2) is 49.9 Å². The molecule has 1 heterocycles. The van der Waals surface area contributed by atoms with E-state index in [9.17, 15) is 9.59 Å². The Morgan fingerprint density at radius 3 is 2.59 bits per heavy atom. The zero-order valence-corrected chi connectivity index (χ0v) is 13.1. The Morgan fingerprint density at radius 1 is 1.27 bits per heavy atom. The molecule has 1 aliphatic rings. The van der Waals surface area contributed by atoms with Crippen molar-refractivity contribution in [2.24, 2.45) is 5.92 Å². The standard InChI is InChI=1S/C16H21NO5/c1-16(9-10-17(2)11-13(16)14(18)20-3)22-15(19)21-12-7-5-4-6-8-12/h4-8,13H,9-11H2,1-3H3/t13-,16+/m1/s1. The molecule has 0 unspecified atom stereocenters. The van der Waals surface area contributed by atoms with Crippen molar-refractivity contribution in [1.82, 2.24) is 4.90 Å². The fraction of sp³-hybridized carbons (Fsp3) is 0.500. The van der Waals surface area contributed by atoms with E-state index >= 15 is 0 Å². The summed E-state index contributed by atoms with van der Waals surface area (Å²) in [7, 11) is 3.25. The fourth-order valence-electron chi connectivity index (χ4n) is 2.57. The lowest BCUT2D eigenvalue weighted by molar-refractivity contribution is -0.161. The molecule has 0 spiro atoms. The number of nitrogens with zero attached hydrogens (tertiary/aromatic N) is 1. The van der Waals surface area contributed by atoms with Crippen molar-refractivity contribution in [2.75, 3.05) is 27.2 Å². The molecule has 0 N–H and O–H groups in total. The molecule has 0 amide bonds. The highest BCUT2D eigenvalue weighted by atomic mass is 16.7. The highest BCUT2D eigenvalue weighted by molar-refractivity contribution is 5.75. The van der Waals surface area contributed by atoms with Gasteiger partial charge in [-0.05, 0) is 26.1 Å². The van der Waals surface area contributed by atoms with Crippen LogP contribution in [0.2, 0.25) is 0 Å². The molecule has 1 fully saturated rings. The number of para-hydroxylation sites is 1. The molecule has 1 saturated heterocycles. The summed E-state index contributed by atoms with van der Waals surface area (Å²) in [5.41, 5.74) is -0.939. The van der Waals surface area contributed by atoms with Crippen molar-refractivity contribution in [3.8, 4) is 5.75 Å². The van der Waals surface area contributed by atoms with Crippen LogP contribution in [0.15, 0.2) is 30.3 Å². The van der Waals surface area contributed by atoms with Crippen LogP contribution in [0.3, 0.4) is 0 Å². The molecule has 0 aromatic heterocycles. The quantitative estimate of drug-likeness (QED) is 0.629. The van der Waals surface area contributed by atoms with Crippen LogP contribution in [0.25, 0.3) is 0 Å². The molecule has 0 bridgehead atoms. The highest BCUT2D eigenvalue weighted by Gasteiger charge is 2.47. The number of benzene rings is 1.